The summed E-state index contributed by atoms with van der Waals surface area (Å²) in [5.74, 6) is -1.88. The molecular formula is C70H73ClCo2F9N15O8-2. The average Bonchev–Trinajstić information content (AvgIpc) is 1.64. The molecule has 3 aliphatic rings. The number of amides is 2. The van der Waals surface area contributed by atoms with Gasteiger partial charge in [0, 0.05) is 91.3 Å². The van der Waals surface area contributed by atoms with Crippen LogP contribution in [0.15, 0.2) is 128 Å². The van der Waals surface area contributed by atoms with Gasteiger partial charge in [-0.05, 0) is 125 Å². The van der Waals surface area contributed by atoms with Crippen LogP contribution in [0.2, 0.25) is 0 Å². The number of carbonyl (C=O) groups excluding carboxylic acids is 3. The second kappa shape index (κ2) is 36.2. The van der Waals surface area contributed by atoms with Crippen LogP contribution >= 0.6 is 12.4 Å². The molecule has 35 heteroatoms. The number of aromatic nitrogens is 9. The van der Waals surface area contributed by atoms with Crippen molar-refractivity contribution < 1.29 is 112 Å². The second-order valence-electron chi connectivity index (χ2n) is 23.8. The smallest absolute Gasteiger partial charge is 0.416 e. The number of hydrogen-bond donors (Lipinski definition) is 5. The number of rotatable bonds is 16. The van der Waals surface area contributed by atoms with Crippen molar-refractivity contribution in [2.24, 2.45) is 5.73 Å². The monoisotopic (exact) mass is 1580 g/mol. The molecule has 12 rings (SSSR count). The standard InChI is InChI=1S/C24H24F3N5O3.C23H22F3N5O3.C15H14F3N3O2.C7H9N2.CH3.ClH.2Co/c1-14(19-8-7-17(12-28-19)23(34)35-3)29-21(33)20-15(2)30-32-10-9-31(22(20)32)13-16-5-4-6-18(11-16)24(25,26)27;1-13(18-7-6-16(11-27-18)22(33)34)28-20(32)19-14(2)29-31-9-8-30(21(19)31)12-15-4-3-5-17(10-15)23(24,25)26;1-9-12(14(22)23)13-20(5-6-21(13)19-9)8-10-3-2-4-11(7-10)15(16,17)18;1-6(8)7-4-2-3-5-9-7;;;;/h4-8,11-12,14H,9-10,13H2,1-3H3,(H,29,33);3-7,10-11,13H,8-9,12H2,1-2H3,(H,28,32)(H,33,34);2-4,7H,5-6,8H2,1H3,(H,22,23);2,4-6H,8H2,1H3;1H3;1H;;/q;;;2*-1;;;/t14-;13-;;6-;;;;/m00.0..../s1. The first-order valence-electron chi connectivity index (χ1n) is 31.3. The zero-order valence-electron chi connectivity index (χ0n) is 57.5. The van der Waals surface area contributed by atoms with Crippen molar-refractivity contribution in [1.29, 1.82) is 0 Å². The quantitative estimate of drug-likeness (QED) is 0.0341. The Kier molecular flexibility index (Phi) is 29.6. The molecule has 3 atom stereocenters. The third-order valence-electron chi connectivity index (χ3n) is 16.4. The molecule has 2 radical (unpaired) electrons. The number of anilines is 3. The van der Waals surface area contributed by atoms with Gasteiger partial charge >= 0.3 is 36.4 Å². The van der Waals surface area contributed by atoms with Gasteiger partial charge in [-0.15, -0.1) is 12.4 Å². The molecule has 2 amide bonds. The summed E-state index contributed by atoms with van der Waals surface area (Å²) in [4.78, 5) is 78.2. The van der Waals surface area contributed by atoms with E-state index >= 15 is 0 Å². The summed E-state index contributed by atoms with van der Waals surface area (Å²) in [5.41, 5.74) is 9.36. The van der Waals surface area contributed by atoms with Crippen molar-refractivity contribution in [3.8, 4) is 0 Å². The molecule has 566 valence electrons. The maximum Gasteiger partial charge on any atom is 0.416 e. The fraction of sp³-hybridized carbons (Fsp3) is 0.314. The SMILES string of the molecule is COC(=O)c1ccc([C@H](C)NC(=O)c2c(C)nn3c2N(Cc2cccc(C(F)(F)F)c2)CC3)nc1.C[C@H](N)c1cc[c-]cn1.Cc1nn2c(c1C(=O)N[C@@H](C)c1ccc(C(=O)O)cn1)N(Cc1cccc(C(F)(F)F)c1)CC2.Cc1nn2c(c1C(=O)O)N(Cc1cccc(C(F)(F)F)c1)CC2.Cl.[CH3-].[Co].[Co]. The number of carbonyl (C=O) groups is 5. The van der Waals surface area contributed by atoms with Gasteiger partial charge < -0.3 is 53.4 Å². The van der Waals surface area contributed by atoms with E-state index in [0.29, 0.717) is 119 Å². The summed E-state index contributed by atoms with van der Waals surface area (Å²) in [6.07, 6.45) is -9.03. The summed E-state index contributed by atoms with van der Waals surface area (Å²) in [6, 6.07) is 27.0. The topological polar surface area (TPSA) is 287 Å². The van der Waals surface area contributed by atoms with Gasteiger partial charge in [0.2, 0.25) is 0 Å². The van der Waals surface area contributed by atoms with Crippen molar-refractivity contribution in [2.45, 2.75) is 117 Å². The van der Waals surface area contributed by atoms with E-state index in [1.807, 2.05) is 28.9 Å². The number of esters is 1. The fourth-order valence-corrected chi connectivity index (χ4v) is 11.5. The Labute approximate surface area is 624 Å². The first kappa shape index (κ1) is 85.8. The number of pyridine rings is 3. The molecule has 0 unspecified atom stereocenters. The molecule has 23 nitrogen and oxygen atoms in total. The van der Waals surface area contributed by atoms with E-state index in [1.165, 1.54) is 49.8 Å². The number of aromatic carboxylic acids is 2. The Morgan fingerprint density at radius 3 is 1.18 bits per heavy atom. The van der Waals surface area contributed by atoms with E-state index in [1.54, 1.807) is 90.1 Å². The number of nitrogens with two attached hydrogens (primary N) is 1. The Bertz CT molecular complexity index is 4490. The number of carboxylic acids is 2. The van der Waals surface area contributed by atoms with Crippen LogP contribution in [0.1, 0.15) is 158 Å². The predicted molar refractivity (Wildman–Crippen MR) is 363 cm³/mol. The third-order valence-corrected chi connectivity index (χ3v) is 16.4. The molecule has 9 aromatic rings. The molecule has 6 N–H and O–H groups in total. The molecule has 3 aliphatic heterocycles. The number of benzene rings is 3. The van der Waals surface area contributed by atoms with Gasteiger partial charge in [0.15, 0.2) is 0 Å². The van der Waals surface area contributed by atoms with Crippen molar-refractivity contribution in [3.05, 3.63) is 237 Å². The summed E-state index contributed by atoms with van der Waals surface area (Å²) < 4.78 is 127. The van der Waals surface area contributed by atoms with E-state index < -0.39 is 71.1 Å². The summed E-state index contributed by atoms with van der Waals surface area (Å²) in [6.45, 7) is 14.1. The molecule has 9 heterocycles. The zero-order valence-corrected chi connectivity index (χ0v) is 60.4. The Balaban J connectivity index is 0.000000266. The molecule has 0 bridgehead atoms. The number of nitrogens with one attached hydrogen (secondary N) is 2. The van der Waals surface area contributed by atoms with Crippen molar-refractivity contribution in [3.63, 3.8) is 0 Å². The van der Waals surface area contributed by atoms with E-state index in [9.17, 15) is 68.6 Å². The largest absolute Gasteiger partial charge is 0.478 e. The molecule has 0 fully saturated rings. The molecule has 0 saturated carbocycles. The van der Waals surface area contributed by atoms with Crippen LogP contribution in [0.25, 0.3) is 0 Å². The number of aryl methyl sites for hydroxylation is 3. The van der Waals surface area contributed by atoms with Crippen LogP contribution in [0.3, 0.4) is 0 Å². The van der Waals surface area contributed by atoms with E-state index in [2.05, 4.69) is 51.7 Å². The number of carboxylic acid groups (broad SMARTS) is 2. The van der Waals surface area contributed by atoms with E-state index in [-0.39, 0.29) is 96.1 Å². The van der Waals surface area contributed by atoms with Crippen LogP contribution in [0.5, 0.6) is 0 Å². The van der Waals surface area contributed by atoms with Gasteiger partial charge in [-0.1, -0.05) is 42.6 Å². The predicted octanol–water partition coefficient (Wildman–Crippen LogP) is 12.4. The fourth-order valence-electron chi connectivity index (χ4n) is 11.5. The Morgan fingerprint density at radius 2 is 0.886 bits per heavy atom. The molecular weight excluding hydrogens is 1500 g/mol. The number of methoxy groups -OCH3 is 1. The number of nitrogens with zero attached hydrogens (tertiary/aromatic N) is 12. The van der Waals surface area contributed by atoms with Crippen LogP contribution in [-0.4, -0.2) is 111 Å². The third kappa shape index (κ3) is 21.0. The van der Waals surface area contributed by atoms with Gasteiger partial charge in [0.25, 0.3) is 11.8 Å². The number of fused-ring (bicyclic) bond motifs is 3. The average molecular weight is 1580 g/mol. The number of ether oxygens (including phenoxy) is 1. The van der Waals surface area contributed by atoms with Crippen LogP contribution in [0, 0.1) is 34.3 Å². The van der Waals surface area contributed by atoms with Crippen molar-refractivity contribution >= 4 is 59.6 Å². The van der Waals surface area contributed by atoms with E-state index in [4.69, 9.17) is 10.8 Å². The first-order chi connectivity index (χ1) is 47.7. The van der Waals surface area contributed by atoms with Gasteiger partial charge in [-0.3, -0.25) is 24.5 Å². The summed E-state index contributed by atoms with van der Waals surface area (Å²) in [7, 11) is 1.28. The van der Waals surface area contributed by atoms with Crippen molar-refractivity contribution in [2.75, 3.05) is 41.4 Å². The second-order valence-corrected chi connectivity index (χ2v) is 23.8. The molecule has 0 spiro atoms. The van der Waals surface area contributed by atoms with Gasteiger partial charge in [-0.25, -0.2) is 40.6 Å². The van der Waals surface area contributed by atoms with Crippen LogP contribution in [0.4, 0.5) is 57.0 Å². The Hall–Kier alpha value is -9.88. The van der Waals surface area contributed by atoms with Gasteiger partial charge in [0.1, 0.15) is 34.1 Å². The molecule has 105 heavy (non-hydrogen) atoms. The first-order valence-corrected chi connectivity index (χ1v) is 31.3. The maximum absolute atomic E-state index is 13.2. The van der Waals surface area contributed by atoms with Crippen molar-refractivity contribution in [1.82, 2.24) is 54.9 Å². The minimum atomic E-state index is -4.43. The summed E-state index contributed by atoms with van der Waals surface area (Å²) in [5, 5.41) is 37.1. The Morgan fingerprint density at radius 1 is 0.524 bits per heavy atom. The summed E-state index contributed by atoms with van der Waals surface area (Å²) >= 11 is 0. The molecule has 3 aromatic carbocycles. The van der Waals surface area contributed by atoms with Gasteiger partial charge in [-0.2, -0.15) is 60.9 Å². The van der Waals surface area contributed by atoms with Crippen LogP contribution < -0.4 is 31.1 Å². The van der Waals surface area contributed by atoms with Gasteiger partial charge in [0.05, 0.1) is 95.1 Å². The van der Waals surface area contributed by atoms with Crippen LogP contribution in [-0.2, 0) is 96.1 Å². The maximum atomic E-state index is 13.2. The molecule has 6 aromatic heterocycles. The normalized spacial score (nSPS) is 13.4. The zero-order chi connectivity index (χ0) is 73.4. The number of alkyl halides is 9. The number of hydrogen-bond acceptors (Lipinski definition) is 16. The molecule has 0 saturated heterocycles. The molecule has 0 aliphatic carbocycles. The minimum absolute atomic E-state index is 0. The number of halogens is 10. The van der Waals surface area contributed by atoms with E-state index in [0.717, 1.165) is 42.1 Å². The minimum Gasteiger partial charge on any atom is -0.478 e.